The van der Waals surface area contributed by atoms with Gasteiger partial charge in [0.2, 0.25) is 0 Å². The fourth-order valence-electron chi connectivity index (χ4n) is 1.38. The molecule has 1 aromatic heterocycles. The molecule has 0 radical (unpaired) electrons. The monoisotopic (exact) mass is 214 g/mol. The van der Waals surface area contributed by atoms with Crippen molar-refractivity contribution in [2.24, 2.45) is 0 Å². The molecule has 3 nitrogen and oxygen atoms in total. The Bertz CT molecular complexity index is 425. The molecule has 2 rings (SSSR count). The van der Waals surface area contributed by atoms with Crippen LogP contribution in [0.25, 0.3) is 0 Å². The number of aryl methyl sites for hydroxylation is 1. The molecular formula is C13H14N2O. The predicted molar refractivity (Wildman–Crippen MR) is 62.4 cm³/mol. The highest BCUT2D eigenvalue weighted by Crippen LogP contribution is 2.11. The molecule has 1 aromatic carbocycles. The Hall–Kier alpha value is -1.90. The number of hydrogen-bond donors (Lipinski definition) is 0. The first-order valence-electron chi connectivity index (χ1n) is 5.28. The third kappa shape index (κ3) is 3.05. The van der Waals surface area contributed by atoms with E-state index in [1.54, 1.807) is 0 Å². The first kappa shape index (κ1) is 10.6. The second-order valence-corrected chi connectivity index (χ2v) is 3.66. The zero-order chi connectivity index (χ0) is 11.2. The maximum Gasteiger partial charge on any atom is 0.119 e. The van der Waals surface area contributed by atoms with Crippen LogP contribution in [-0.4, -0.2) is 16.6 Å². The maximum atomic E-state index is 5.61. The molecule has 0 atom stereocenters. The average molecular weight is 214 g/mol. The molecule has 0 saturated carbocycles. The minimum atomic E-state index is 0.649. The molecule has 0 unspecified atom stereocenters. The van der Waals surface area contributed by atoms with Crippen LogP contribution < -0.4 is 4.74 Å². The fraction of sp³-hybridized carbons (Fsp3) is 0.231. The van der Waals surface area contributed by atoms with Gasteiger partial charge in [0.25, 0.3) is 0 Å². The van der Waals surface area contributed by atoms with E-state index in [0.29, 0.717) is 6.61 Å². The van der Waals surface area contributed by atoms with Crippen LogP contribution in [0.1, 0.15) is 11.1 Å². The van der Waals surface area contributed by atoms with E-state index in [1.807, 2.05) is 36.7 Å². The largest absolute Gasteiger partial charge is 0.493 e. The quantitative estimate of drug-likeness (QED) is 0.784. The van der Waals surface area contributed by atoms with Crippen molar-refractivity contribution >= 4 is 0 Å². The lowest BCUT2D eigenvalue weighted by Crippen LogP contribution is -2.01. The van der Waals surface area contributed by atoms with Gasteiger partial charge in [0.15, 0.2) is 0 Å². The topological polar surface area (TPSA) is 35.0 Å². The van der Waals surface area contributed by atoms with Gasteiger partial charge in [-0.25, -0.2) is 9.97 Å². The van der Waals surface area contributed by atoms with Gasteiger partial charge in [0.05, 0.1) is 6.61 Å². The van der Waals surface area contributed by atoms with Crippen molar-refractivity contribution in [1.29, 1.82) is 0 Å². The average Bonchev–Trinajstić information content (AvgIpc) is 2.33. The Morgan fingerprint density at radius 1 is 1.06 bits per heavy atom. The molecule has 0 N–H and O–H groups in total. The summed E-state index contributed by atoms with van der Waals surface area (Å²) >= 11 is 0. The van der Waals surface area contributed by atoms with Crippen LogP contribution in [0, 0.1) is 6.92 Å². The molecule has 0 amide bonds. The van der Waals surface area contributed by atoms with E-state index in [1.165, 1.54) is 11.9 Å². The number of hydrogen-bond acceptors (Lipinski definition) is 3. The summed E-state index contributed by atoms with van der Waals surface area (Å²) < 4.78 is 5.61. The van der Waals surface area contributed by atoms with Gasteiger partial charge in [-0.05, 0) is 24.6 Å². The Balaban J connectivity index is 1.82. The normalized spacial score (nSPS) is 10.1. The first-order chi connectivity index (χ1) is 7.84. The molecule has 2 aromatic rings. The Kier molecular flexibility index (Phi) is 3.49. The van der Waals surface area contributed by atoms with Crippen molar-refractivity contribution in [2.75, 3.05) is 6.61 Å². The highest BCUT2D eigenvalue weighted by atomic mass is 16.5. The van der Waals surface area contributed by atoms with Gasteiger partial charge in [-0.15, -0.1) is 0 Å². The fourth-order valence-corrected chi connectivity index (χ4v) is 1.38. The minimum Gasteiger partial charge on any atom is -0.493 e. The Labute approximate surface area is 95.1 Å². The summed E-state index contributed by atoms with van der Waals surface area (Å²) in [6.07, 6.45) is 5.98. The summed E-state index contributed by atoms with van der Waals surface area (Å²) in [5.74, 6) is 0.905. The van der Waals surface area contributed by atoms with Crippen molar-refractivity contribution in [3.8, 4) is 5.75 Å². The van der Waals surface area contributed by atoms with E-state index < -0.39 is 0 Å². The Morgan fingerprint density at radius 3 is 2.44 bits per heavy atom. The molecule has 1 heterocycles. The van der Waals surface area contributed by atoms with E-state index in [9.17, 15) is 0 Å². The van der Waals surface area contributed by atoms with E-state index in [4.69, 9.17) is 4.74 Å². The summed E-state index contributed by atoms with van der Waals surface area (Å²) in [6.45, 7) is 2.71. The lowest BCUT2D eigenvalue weighted by atomic mass is 10.2. The van der Waals surface area contributed by atoms with Crippen LogP contribution in [0.4, 0.5) is 0 Å². The van der Waals surface area contributed by atoms with E-state index in [0.717, 1.165) is 17.7 Å². The van der Waals surface area contributed by atoms with Crippen LogP contribution >= 0.6 is 0 Å². The van der Waals surface area contributed by atoms with Gasteiger partial charge in [-0.2, -0.15) is 0 Å². The third-order valence-electron chi connectivity index (χ3n) is 2.29. The van der Waals surface area contributed by atoms with E-state index in [2.05, 4.69) is 16.9 Å². The van der Waals surface area contributed by atoms with Crippen molar-refractivity contribution in [3.63, 3.8) is 0 Å². The second kappa shape index (κ2) is 5.26. The summed E-state index contributed by atoms with van der Waals surface area (Å²) in [5.41, 5.74) is 2.33. The van der Waals surface area contributed by atoms with Crippen molar-refractivity contribution in [1.82, 2.24) is 9.97 Å². The SMILES string of the molecule is Cc1ccc(OCCc2cncnc2)cc1. The number of benzene rings is 1. The molecule has 0 bridgehead atoms. The highest BCUT2D eigenvalue weighted by Gasteiger charge is 1.95. The van der Waals surface area contributed by atoms with Gasteiger partial charge in [-0.1, -0.05) is 17.7 Å². The molecule has 0 spiro atoms. The summed E-state index contributed by atoms with van der Waals surface area (Å²) in [4.78, 5) is 7.91. The molecule has 0 aliphatic heterocycles. The van der Waals surface area contributed by atoms with E-state index >= 15 is 0 Å². The summed E-state index contributed by atoms with van der Waals surface area (Å²) in [7, 11) is 0. The molecule has 3 heteroatoms. The smallest absolute Gasteiger partial charge is 0.119 e. The Morgan fingerprint density at radius 2 is 1.75 bits per heavy atom. The molecule has 0 saturated heterocycles. The minimum absolute atomic E-state index is 0.649. The molecule has 0 fully saturated rings. The molecule has 82 valence electrons. The van der Waals surface area contributed by atoms with Gasteiger partial charge in [0, 0.05) is 18.8 Å². The van der Waals surface area contributed by atoms with E-state index in [-0.39, 0.29) is 0 Å². The number of nitrogens with zero attached hydrogens (tertiary/aromatic N) is 2. The van der Waals surface area contributed by atoms with Crippen LogP contribution in [0.5, 0.6) is 5.75 Å². The van der Waals surface area contributed by atoms with Gasteiger partial charge in [0.1, 0.15) is 12.1 Å². The zero-order valence-corrected chi connectivity index (χ0v) is 9.26. The van der Waals surface area contributed by atoms with Gasteiger partial charge >= 0.3 is 0 Å². The second-order valence-electron chi connectivity index (χ2n) is 3.66. The number of rotatable bonds is 4. The predicted octanol–water partition coefficient (Wildman–Crippen LogP) is 2.41. The first-order valence-corrected chi connectivity index (χ1v) is 5.28. The zero-order valence-electron chi connectivity index (χ0n) is 9.26. The highest BCUT2D eigenvalue weighted by molar-refractivity contribution is 5.26. The van der Waals surface area contributed by atoms with Crippen LogP contribution in [0.15, 0.2) is 43.0 Å². The lowest BCUT2D eigenvalue weighted by Gasteiger charge is -2.05. The maximum absolute atomic E-state index is 5.61. The number of ether oxygens (including phenoxy) is 1. The molecule has 16 heavy (non-hydrogen) atoms. The lowest BCUT2D eigenvalue weighted by molar-refractivity contribution is 0.321. The molecule has 0 aliphatic rings. The van der Waals surface area contributed by atoms with Crippen LogP contribution in [0.3, 0.4) is 0 Å². The van der Waals surface area contributed by atoms with Crippen molar-refractivity contribution in [3.05, 3.63) is 54.1 Å². The van der Waals surface area contributed by atoms with Crippen molar-refractivity contribution in [2.45, 2.75) is 13.3 Å². The van der Waals surface area contributed by atoms with Gasteiger partial charge in [-0.3, -0.25) is 0 Å². The molecule has 0 aliphatic carbocycles. The summed E-state index contributed by atoms with van der Waals surface area (Å²) in [5, 5.41) is 0. The summed E-state index contributed by atoms with van der Waals surface area (Å²) in [6, 6.07) is 8.05. The molecular weight excluding hydrogens is 200 g/mol. The van der Waals surface area contributed by atoms with Crippen LogP contribution in [0.2, 0.25) is 0 Å². The van der Waals surface area contributed by atoms with Gasteiger partial charge < -0.3 is 4.74 Å². The van der Waals surface area contributed by atoms with Crippen LogP contribution in [-0.2, 0) is 6.42 Å². The standard InChI is InChI=1S/C13H14N2O/c1-11-2-4-13(5-3-11)16-7-6-12-8-14-10-15-9-12/h2-5,8-10H,6-7H2,1H3. The number of aromatic nitrogens is 2. The third-order valence-corrected chi connectivity index (χ3v) is 2.29. The van der Waals surface area contributed by atoms with Crippen molar-refractivity contribution < 1.29 is 4.74 Å².